The van der Waals surface area contributed by atoms with Gasteiger partial charge in [-0.2, -0.15) is 0 Å². The summed E-state index contributed by atoms with van der Waals surface area (Å²) in [5, 5.41) is 10.5. The Balaban J connectivity index is -0.000000287. The van der Waals surface area contributed by atoms with Gasteiger partial charge in [-0.3, -0.25) is 14.9 Å². The molecular weight excluding hydrogens is 318 g/mol. The molecule has 1 atom stereocenters. The van der Waals surface area contributed by atoms with E-state index in [0.29, 0.717) is 18.9 Å². The Kier molecular flexibility index (Phi) is 22.4. The zero-order chi connectivity index (χ0) is 20.4. The molecule has 0 saturated carbocycles. The minimum Gasteiger partial charge on any atom is -0.396 e. The predicted molar refractivity (Wildman–Crippen MR) is 105 cm³/mol. The van der Waals surface area contributed by atoms with Crippen LogP contribution in [0.25, 0.3) is 0 Å². The molecule has 0 aromatic rings. The number of aliphatic hydroxyl groups excluding tert-OH is 1. The SMILES string of the molecule is CC.CC(C)C1CC(=O)NC1=O.CC(C)CCO.COCCC(C)C. The zero-order valence-corrected chi connectivity index (χ0v) is 18.0. The molecule has 152 valence electrons. The van der Waals surface area contributed by atoms with Crippen LogP contribution >= 0.6 is 0 Å². The van der Waals surface area contributed by atoms with Crippen LogP contribution in [0.15, 0.2) is 0 Å². The first-order valence-corrected chi connectivity index (χ1v) is 9.59. The van der Waals surface area contributed by atoms with Gasteiger partial charge in [0.1, 0.15) is 0 Å². The highest BCUT2D eigenvalue weighted by Crippen LogP contribution is 2.19. The Morgan fingerprint density at radius 1 is 1.04 bits per heavy atom. The average Bonchev–Trinajstić information content (AvgIpc) is 2.87. The van der Waals surface area contributed by atoms with E-state index in [1.54, 1.807) is 7.11 Å². The van der Waals surface area contributed by atoms with Gasteiger partial charge in [0.2, 0.25) is 11.8 Å². The minimum absolute atomic E-state index is 0.0903. The maximum Gasteiger partial charge on any atom is 0.230 e. The number of hydrogen-bond donors (Lipinski definition) is 2. The number of rotatable bonds is 6. The second-order valence-corrected chi connectivity index (χ2v) is 7.05. The van der Waals surface area contributed by atoms with E-state index in [0.717, 1.165) is 18.9 Å². The van der Waals surface area contributed by atoms with Gasteiger partial charge in [0.05, 0.1) is 0 Å². The van der Waals surface area contributed by atoms with Crippen LogP contribution in [0.2, 0.25) is 0 Å². The minimum atomic E-state index is -0.135. The number of ether oxygens (including phenoxy) is 1. The number of nitrogens with one attached hydrogen (secondary N) is 1. The summed E-state index contributed by atoms with van der Waals surface area (Å²) >= 11 is 0. The summed E-state index contributed by atoms with van der Waals surface area (Å²) in [7, 11) is 1.74. The lowest BCUT2D eigenvalue weighted by molar-refractivity contribution is -0.126. The number of carbonyl (C=O) groups is 2. The highest BCUT2D eigenvalue weighted by atomic mass is 16.5. The first-order valence-electron chi connectivity index (χ1n) is 9.59. The van der Waals surface area contributed by atoms with Gasteiger partial charge in [-0.1, -0.05) is 55.4 Å². The molecule has 0 aromatic heterocycles. The maximum absolute atomic E-state index is 10.9. The van der Waals surface area contributed by atoms with Gasteiger partial charge in [-0.25, -0.2) is 0 Å². The van der Waals surface area contributed by atoms with Crippen molar-refractivity contribution in [1.82, 2.24) is 5.32 Å². The fourth-order valence-electron chi connectivity index (χ4n) is 1.72. The molecule has 1 aliphatic heterocycles. The molecule has 0 aromatic carbocycles. The topological polar surface area (TPSA) is 75.6 Å². The van der Waals surface area contributed by atoms with Crippen molar-refractivity contribution in [2.75, 3.05) is 20.3 Å². The smallest absolute Gasteiger partial charge is 0.230 e. The summed E-state index contributed by atoms with van der Waals surface area (Å²) in [5.74, 6) is 1.36. The Labute approximate surface area is 155 Å². The standard InChI is InChI=1S/C7H11NO2.C6H14O.C5H12O.C2H6/c1-4(2)5-3-6(9)8-7(5)10;1-6(2)4-5-7-3;1-5(2)3-4-6;1-2/h4-5H,3H2,1-2H3,(H,8,9,10);6H,4-5H2,1-3H3;5-6H,3-4H2,1-2H3;1-2H3. The van der Waals surface area contributed by atoms with Crippen molar-refractivity contribution in [1.29, 1.82) is 0 Å². The van der Waals surface area contributed by atoms with Crippen LogP contribution in [0.5, 0.6) is 0 Å². The molecule has 0 radical (unpaired) electrons. The number of methoxy groups -OCH3 is 1. The number of carbonyl (C=O) groups excluding carboxylic acids is 2. The average molecular weight is 362 g/mol. The van der Waals surface area contributed by atoms with Crippen molar-refractivity contribution in [3.63, 3.8) is 0 Å². The van der Waals surface area contributed by atoms with E-state index in [4.69, 9.17) is 9.84 Å². The molecule has 2 amide bonds. The van der Waals surface area contributed by atoms with E-state index >= 15 is 0 Å². The van der Waals surface area contributed by atoms with E-state index in [9.17, 15) is 9.59 Å². The molecule has 1 rings (SSSR count). The second kappa shape index (κ2) is 19.4. The lowest BCUT2D eigenvalue weighted by atomic mass is 9.95. The van der Waals surface area contributed by atoms with Gasteiger partial charge < -0.3 is 9.84 Å². The van der Waals surface area contributed by atoms with Crippen molar-refractivity contribution >= 4 is 11.8 Å². The third kappa shape index (κ3) is 21.0. The van der Waals surface area contributed by atoms with Gasteiger partial charge in [0.25, 0.3) is 0 Å². The van der Waals surface area contributed by atoms with Crippen molar-refractivity contribution < 1.29 is 19.4 Å². The molecule has 0 spiro atoms. The Hall–Kier alpha value is -0.940. The van der Waals surface area contributed by atoms with Crippen LogP contribution in [0, 0.1) is 23.7 Å². The number of amides is 2. The number of aliphatic hydroxyl groups is 1. The van der Waals surface area contributed by atoms with Crippen molar-refractivity contribution in [2.24, 2.45) is 23.7 Å². The largest absolute Gasteiger partial charge is 0.396 e. The fraction of sp³-hybridized carbons (Fsp3) is 0.900. The maximum atomic E-state index is 10.9. The Morgan fingerprint density at radius 2 is 1.52 bits per heavy atom. The molecule has 0 aliphatic carbocycles. The summed E-state index contributed by atoms with van der Waals surface area (Å²) in [6, 6.07) is 0. The summed E-state index contributed by atoms with van der Waals surface area (Å²) in [6.07, 6.45) is 2.48. The molecular formula is C20H43NO4. The van der Waals surface area contributed by atoms with E-state index in [1.807, 2.05) is 27.7 Å². The number of hydrogen-bond acceptors (Lipinski definition) is 4. The summed E-state index contributed by atoms with van der Waals surface area (Å²) in [5.41, 5.74) is 0. The molecule has 2 N–H and O–H groups in total. The van der Waals surface area contributed by atoms with Crippen molar-refractivity contribution in [3.8, 4) is 0 Å². The van der Waals surface area contributed by atoms with Crippen LogP contribution in [0.3, 0.4) is 0 Å². The molecule has 5 nitrogen and oxygen atoms in total. The Morgan fingerprint density at radius 3 is 1.64 bits per heavy atom. The van der Waals surface area contributed by atoms with Crippen LogP contribution in [0.1, 0.15) is 74.7 Å². The van der Waals surface area contributed by atoms with Crippen LogP contribution < -0.4 is 5.32 Å². The van der Waals surface area contributed by atoms with Gasteiger partial charge in [0, 0.05) is 32.7 Å². The van der Waals surface area contributed by atoms with E-state index in [1.165, 1.54) is 6.42 Å². The van der Waals surface area contributed by atoms with Gasteiger partial charge in [-0.15, -0.1) is 0 Å². The molecule has 1 aliphatic rings. The van der Waals surface area contributed by atoms with Crippen molar-refractivity contribution in [2.45, 2.75) is 74.7 Å². The zero-order valence-electron chi connectivity index (χ0n) is 18.0. The molecule has 1 heterocycles. The highest BCUT2D eigenvalue weighted by molar-refractivity contribution is 6.03. The quantitative estimate of drug-likeness (QED) is 0.700. The molecule has 25 heavy (non-hydrogen) atoms. The van der Waals surface area contributed by atoms with E-state index < -0.39 is 0 Å². The molecule has 1 saturated heterocycles. The van der Waals surface area contributed by atoms with Crippen molar-refractivity contribution in [3.05, 3.63) is 0 Å². The third-order valence-electron chi connectivity index (χ3n) is 3.42. The van der Waals surface area contributed by atoms with Crippen LogP contribution in [0.4, 0.5) is 0 Å². The highest BCUT2D eigenvalue weighted by Gasteiger charge is 2.32. The van der Waals surface area contributed by atoms with Gasteiger partial charge in [0.15, 0.2) is 0 Å². The lowest BCUT2D eigenvalue weighted by Gasteiger charge is -2.07. The molecule has 1 fully saturated rings. The molecule has 5 heteroatoms. The van der Waals surface area contributed by atoms with Gasteiger partial charge >= 0.3 is 0 Å². The summed E-state index contributed by atoms with van der Waals surface area (Å²) < 4.78 is 4.85. The predicted octanol–water partition coefficient (Wildman–Crippen LogP) is 4.04. The van der Waals surface area contributed by atoms with Gasteiger partial charge in [-0.05, 0) is 30.6 Å². The lowest BCUT2D eigenvalue weighted by Crippen LogP contribution is -2.24. The third-order valence-corrected chi connectivity index (χ3v) is 3.42. The monoisotopic (exact) mass is 361 g/mol. The summed E-state index contributed by atoms with van der Waals surface area (Å²) in [4.78, 5) is 21.5. The Bertz CT molecular complexity index is 315. The van der Waals surface area contributed by atoms with E-state index in [2.05, 4.69) is 33.0 Å². The molecule has 1 unspecified atom stereocenters. The first-order chi connectivity index (χ1) is 11.6. The number of imide groups is 1. The van der Waals surface area contributed by atoms with E-state index in [-0.39, 0.29) is 23.7 Å². The fourth-order valence-corrected chi connectivity index (χ4v) is 1.72. The molecule has 0 bridgehead atoms. The first kappa shape index (κ1) is 28.8. The second-order valence-electron chi connectivity index (χ2n) is 7.05. The summed E-state index contributed by atoms with van der Waals surface area (Å²) in [6.45, 7) is 17.7. The normalized spacial score (nSPS) is 15.8. The van der Waals surface area contributed by atoms with Crippen LogP contribution in [-0.4, -0.2) is 37.2 Å². The van der Waals surface area contributed by atoms with Crippen LogP contribution in [-0.2, 0) is 14.3 Å².